The Balaban J connectivity index is 1.71. The van der Waals surface area contributed by atoms with Gasteiger partial charge in [-0.15, -0.1) is 0 Å². The smallest absolute Gasteiger partial charge is 0.266 e. The highest BCUT2D eigenvalue weighted by atomic mass is 79.9. The summed E-state index contributed by atoms with van der Waals surface area (Å²) in [6.45, 7) is 0.504. The molecule has 0 fully saturated rings. The first-order valence-electron chi connectivity index (χ1n) is 9.83. The molecule has 0 radical (unpaired) electrons. The van der Waals surface area contributed by atoms with Crippen LogP contribution in [0, 0.1) is 22.7 Å². The monoisotopic (exact) mass is 480 g/mol. The number of benzene rings is 3. The number of carbonyl (C=O) groups excluding carboxylic acids is 1. The molecule has 0 aliphatic rings. The van der Waals surface area contributed by atoms with E-state index in [2.05, 4.69) is 27.3 Å². The SMILES string of the molecule is N#C/C(=C/c1cn(Cc2ccccc2C#N)c2ccccc12)C(=O)Nc1cccc(Br)c1. The number of para-hydroxylation sites is 1. The minimum Gasteiger partial charge on any atom is -0.342 e. The van der Waals surface area contributed by atoms with Crippen LogP contribution in [0.25, 0.3) is 17.0 Å². The number of halogens is 1. The summed E-state index contributed by atoms with van der Waals surface area (Å²) in [5.74, 6) is -0.475. The largest absolute Gasteiger partial charge is 0.342 e. The third kappa shape index (κ3) is 4.46. The molecule has 4 aromatic rings. The second-order valence-corrected chi connectivity index (χ2v) is 8.05. The van der Waals surface area contributed by atoms with Crippen molar-refractivity contribution >= 4 is 44.5 Å². The van der Waals surface area contributed by atoms with Crippen molar-refractivity contribution in [2.45, 2.75) is 6.54 Å². The summed E-state index contributed by atoms with van der Waals surface area (Å²) in [7, 11) is 0. The fraction of sp³-hybridized carbons (Fsp3) is 0.0385. The van der Waals surface area contributed by atoms with E-state index in [1.807, 2.05) is 71.4 Å². The normalized spacial score (nSPS) is 11.0. The summed E-state index contributed by atoms with van der Waals surface area (Å²) in [6, 6.07) is 26.7. The molecule has 0 aliphatic carbocycles. The molecule has 32 heavy (non-hydrogen) atoms. The third-order valence-electron chi connectivity index (χ3n) is 5.05. The Hall–Kier alpha value is -4.13. The molecule has 1 N–H and O–H groups in total. The average Bonchev–Trinajstić information content (AvgIpc) is 3.15. The molecule has 154 valence electrons. The van der Waals surface area contributed by atoms with E-state index in [9.17, 15) is 15.3 Å². The van der Waals surface area contributed by atoms with Crippen LogP contribution in [0.5, 0.6) is 0 Å². The minimum absolute atomic E-state index is 0.00491. The first-order chi connectivity index (χ1) is 15.6. The lowest BCUT2D eigenvalue weighted by molar-refractivity contribution is -0.112. The van der Waals surface area contributed by atoms with Crippen molar-refractivity contribution in [3.8, 4) is 12.1 Å². The molecule has 0 spiro atoms. The first kappa shape index (κ1) is 21.1. The second-order valence-electron chi connectivity index (χ2n) is 7.13. The highest BCUT2D eigenvalue weighted by Gasteiger charge is 2.14. The number of amides is 1. The van der Waals surface area contributed by atoms with Crippen molar-refractivity contribution in [3.05, 3.63) is 106 Å². The van der Waals surface area contributed by atoms with Gasteiger partial charge in [0.15, 0.2) is 0 Å². The van der Waals surface area contributed by atoms with E-state index >= 15 is 0 Å². The molecular weight excluding hydrogens is 464 g/mol. The van der Waals surface area contributed by atoms with Crippen LogP contribution in [-0.4, -0.2) is 10.5 Å². The van der Waals surface area contributed by atoms with Crippen molar-refractivity contribution in [1.29, 1.82) is 10.5 Å². The van der Waals surface area contributed by atoms with Gasteiger partial charge in [-0.05, 0) is 42.0 Å². The molecule has 1 heterocycles. The predicted octanol–water partition coefficient (Wildman–Crippen LogP) is 5.87. The van der Waals surface area contributed by atoms with Gasteiger partial charge in [0.05, 0.1) is 11.6 Å². The summed E-state index contributed by atoms with van der Waals surface area (Å²) in [5, 5.41) is 22.7. The summed E-state index contributed by atoms with van der Waals surface area (Å²) >= 11 is 3.37. The van der Waals surface area contributed by atoms with Crippen LogP contribution in [0.2, 0.25) is 0 Å². The lowest BCUT2D eigenvalue weighted by Gasteiger charge is -2.07. The molecule has 1 aromatic heterocycles. The van der Waals surface area contributed by atoms with Gasteiger partial charge in [0.2, 0.25) is 0 Å². The maximum absolute atomic E-state index is 12.7. The Labute approximate surface area is 194 Å². The Morgan fingerprint density at radius 3 is 2.59 bits per heavy atom. The highest BCUT2D eigenvalue weighted by Crippen LogP contribution is 2.25. The van der Waals surface area contributed by atoms with Crippen LogP contribution in [-0.2, 0) is 11.3 Å². The lowest BCUT2D eigenvalue weighted by Crippen LogP contribution is -2.13. The van der Waals surface area contributed by atoms with Gasteiger partial charge in [-0.1, -0.05) is 58.4 Å². The van der Waals surface area contributed by atoms with Gasteiger partial charge in [-0.2, -0.15) is 10.5 Å². The highest BCUT2D eigenvalue weighted by molar-refractivity contribution is 9.10. The molecule has 0 atom stereocenters. The van der Waals surface area contributed by atoms with E-state index < -0.39 is 5.91 Å². The molecule has 4 rings (SSSR count). The van der Waals surface area contributed by atoms with E-state index in [0.29, 0.717) is 17.8 Å². The van der Waals surface area contributed by atoms with Crippen molar-refractivity contribution in [2.75, 3.05) is 5.32 Å². The Bertz CT molecular complexity index is 1440. The molecule has 0 aliphatic heterocycles. The summed E-state index contributed by atoms with van der Waals surface area (Å²) in [6.07, 6.45) is 3.50. The van der Waals surface area contributed by atoms with Gasteiger partial charge in [0.25, 0.3) is 5.91 Å². The fourth-order valence-electron chi connectivity index (χ4n) is 3.54. The number of hydrogen-bond donors (Lipinski definition) is 1. The number of hydrogen-bond acceptors (Lipinski definition) is 3. The lowest BCUT2D eigenvalue weighted by atomic mass is 10.1. The van der Waals surface area contributed by atoms with E-state index in [1.54, 1.807) is 24.3 Å². The van der Waals surface area contributed by atoms with Gasteiger partial charge in [0.1, 0.15) is 11.6 Å². The molecule has 6 heteroatoms. The summed E-state index contributed by atoms with van der Waals surface area (Å²) in [5.41, 5.74) is 3.84. The van der Waals surface area contributed by atoms with Crippen LogP contribution in [0.15, 0.2) is 89.0 Å². The standard InChI is InChI=1S/C26H17BrN4O/c27-22-8-5-9-23(13-22)30-26(32)20(15-29)12-21-17-31(25-11-4-3-10-24(21)25)16-19-7-2-1-6-18(19)14-28/h1-13,17H,16H2,(H,30,32)/b20-12-. The minimum atomic E-state index is -0.475. The van der Waals surface area contributed by atoms with Crippen LogP contribution in [0.4, 0.5) is 5.69 Å². The van der Waals surface area contributed by atoms with E-state index in [4.69, 9.17) is 0 Å². The van der Waals surface area contributed by atoms with E-state index in [-0.39, 0.29) is 5.57 Å². The number of nitrogens with one attached hydrogen (secondary N) is 1. The van der Waals surface area contributed by atoms with Crippen molar-refractivity contribution in [1.82, 2.24) is 4.57 Å². The van der Waals surface area contributed by atoms with E-state index in [1.165, 1.54) is 0 Å². The number of fused-ring (bicyclic) bond motifs is 1. The molecule has 0 saturated carbocycles. The maximum Gasteiger partial charge on any atom is 0.266 e. The maximum atomic E-state index is 12.7. The van der Waals surface area contributed by atoms with Crippen LogP contribution in [0.3, 0.4) is 0 Å². The Kier molecular flexibility index (Phi) is 6.17. The number of aromatic nitrogens is 1. The van der Waals surface area contributed by atoms with Gasteiger partial charge >= 0.3 is 0 Å². The Morgan fingerprint density at radius 1 is 1.03 bits per heavy atom. The van der Waals surface area contributed by atoms with Crippen LogP contribution < -0.4 is 5.32 Å². The molecule has 0 saturated heterocycles. The molecule has 1 amide bonds. The topological polar surface area (TPSA) is 81.6 Å². The third-order valence-corrected chi connectivity index (χ3v) is 5.54. The van der Waals surface area contributed by atoms with Crippen molar-refractivity contribution in [2.24, 2.45) is 0 Å². The zero-order valence-electron chi connectivity index (χ0n) is 16.9. The average molecular weight is 481 g/mol. The number of carbonyl (C=O) groups is 1. The van der Waals surface area contributed by atoms with Gasteiger partial charge in [-0.25, -0.2) is 0 Å². The number of nitrogens with zero attached hydrogens (tertiary/aromatic N) is 3. The number of rotatable bonds is 5. The van der Waals surface area contributed by atoms with E-state index in [0.717, 1.165) is 26.5 Å². The summed E-state index contributed by atoms with van der Waals surface area (Å²) < 4.78 is 2.86. The number of anilines is 1. The fourth-order valence-corrected chi connectivity index (χ4v) is 3.94. The Morgan fingerprint density at radius 2 is 1.81 bits per heavy atom. The van der Waals surface area contributed by atoms with Gasteiger partial charge in [0, 0.05) is 39.4 Å². The zero-order chi connectivity index (χ0) is 22.5. The second kappa shape index (κ2) is 9.34. The predicted molar refractivity (Wildman–Crippen MR) is 129 cm³/mol. The van der Waals surface area contributed by atoms with Crippen LogP contribution in [0.1, 0.15) is 16.7 Å². The molecular formula is C26H17BrN4O. The molecule has 0 bridgehead atoms. The molecule has 3 aromatic carbocycles. The molecule has 0 unspecified atom stereocenters. The molecule has 5 nitrogen and oxygen atoms in total. The number of nitriles is 2. The zero-order valence-corrected chi connectivity index (χ0v) is 18.5. The first-order valence-corrected chi connectivity index (χ1v) is 10.6. The summed E-state index contributed by atoms with van der Waals surface area (Å²) in [4.78, 5) is 12.7. The quantitative estimate of drug-likeness (QED) is 0.286. The van der Waals surface area contributed by atoms with Gasteiger partial charge in [-0.3, -0.25) is 4.79 Å². The van der Waals surface area contributed by atoms with Gasteiger partial charge < -0.3 is 9.88 Å². The van der Waals surface area contributed by atoms with Crippen molar-refractivity contribution in [3.63, 3.8) is 0 Å². The van der Waals surface area contributed by atoms with Crippen LogP contribution >= 0.6 is 15.9 Å². The van der Waals surface area contributed by atoms with Crippen molar-refractivity contribution < 1.29 is 4.79 Å².